The van der Waals surface area contributed by atoms with Crippen LogP contribution in [0.1, 0.15) is 50.2 Å². The third-order valence-corrected chi connectivity index (χ3v) is 5.72. The number of phenolic OH excluding ortho intramolecular Hbond substituents is 2. The van der Waals surface area contributed by atoms with Crippen molar-refractivity contribution in [1.82, 2.24) is 0 Å². The third kappa shape index (κ3) is 2.63. The maximum Gasteiger partial charge on any atom is 0.201 e. The van der Waals surface area contributed by atoms with Crippen LogP contribution in [0.3, 0.4) is 0 Å². The molecule has 0 bridgehead atoms. The van der Waals surface area contributed by atoms with Crippen molar-refractivity contribution in [1.29, 1.82) is 0 Å². The molecule has 1 heterocycles. The number of rotatable bonds is 3. The van der Waals surface area contributed by atoms with Crippen molar-refractivity contribution in [2.45, 2.75) is 43.8 Å². The van der Waals surface area contributed by atoms with Crippen molar-refractivity contribution in [3.05, 3.63) is 58.1 Å². The summed E-state index contributed by atoms with van der Waals surface area (Å²) in [4.78, 5) is 25.6. The van der Waals surface area contributed by atoms with Crippen molar-refractivity contribution in [2.24, 2.45) is 5.73 Å². The van der Waals surface area contributed by atoms with Gasteiger partial charge in [0.25, 0.3) is 0 Å². The number of epoxide rings is 1. The molecule has 4 N–H and O–H groups in total. The van der Waals surface area contributed by atoms with Crippen molar-refractivity contribution >= 4 is 11.6 Å². The van der Waals surface area contributed by atoms with Crippen LogP contribution in [-0.2, 0) is 16.1 Å². The lowest BCUT2D eigenvalue weighted by atomic mass is 9.82. The molecule has 5 rings (SSSR count). The predicted molar refractivity (Wildman–Crippen MR) is 97.5 cm³/mol. The minimum atomic E-state index is -0.567. The minimum Gasteiger partial charge on any atom is -0.507 e. The first-order valence-corrected chi connectivity index (χ1v) is 9.24. The molecule has 2 fully saturated rings. The van der Waals surface area contributed by atoms with E-state index < -0.39 is 11.6 Å². The van der Waals surface area contributed by atoms with Crippen LogP contribution in [0.5, 0.6) is 11.5 Å². The molecule has 1 saturated carbocycles. The number of carbonyl (C=O) groups excluding carboxylic acids is 2. The van der Waals surface area contributed by atoms with Gasteiger partial charge in [-0.25, -0.2) is 0 Å². The molecule has 0 radical (unpaired) electrons. The van der Waals surface area contributed by atoms with E-state index in [1.165, 1.54) is 24.3 Å². The van der Waals surface area contributed by atoms with Crippen LogP contribution in [0.15, 0.2) is 30.3 Å². The Kier molecular flexibility index (Phi) is 3.80. The minimum absolute atomic E-state index is 0.0379. The second-order valence-corrected chi connectivity index (χ2v) is 7.60. The molecule has 0 spiro atoms. The molecule has 4 atom stereocenters. The van der Waals surface area contributed by atoms with E-state index in [4.69, 9.17) is 15.2 Å². The summed E-state index contributed by atoms with van der Waals surface area (Å²) in [5.41, 5.74) is 6.72. The fraction of sp³-hybridized carbons (Fsp3) is 0.333. The summed E-state index contributed by atoms with van der Waals surface area (Å²) in [6.07, 6.45) is 1.73. The number of hydrogen-bond acceptors (Lipinski definition) is 7. The Hall–Kier alpha value is -2.74. The van der Waals surface area contributed by atoms with Gasteiger partial charge in [-0.1, -0.05) is 12.1 Å². The highest BCUT2D eigenvalue weighted by Crippen LogP contribution is 2.39. The highest BCUT2D eigenvalue weighted by atomic mass is 16.6. The number of ketones is 2. The summed E-state index contributed by atoms with van der Waals surface area (Å²) in [7, 11) is 0. The van der Waals surface area contributed by atoms with Gasteiger partial charge in [0, 0.05) is 23.6 Å². The van der Waals surface area contributed by atoms with Gasteiger partial charge in [0.15, 0.2) is 5.78 Å². The first-order chi connectivity index (χ1) is 13.4. The van der Waals surface area contributed by atoms with E-state index >= 15 is 0 Å². The Morgan fingerprint density at radius 3 is 2.61 bits per heavy atom. The van der Waals surface area contributed by atoms with E-state index in [2.05, 4.69) is 0 Å². The number of fused-ring (bicyclic) bond motifs is 3. The summed E-state index contributed by atoms with van der Waals surface area (Å²) in [5.74, 6) is -1.55. The van der Waals surface area contributed by atoms with Crippen molar-refractivity contribution in [3.8, 4) is 11.5 Å². The summed E-state index contributed by atoms with van der Waals surface area (Å²) in [6, 6.07) is 7.31. The van der Waals surface area contributed by atoms with Gasteiger partial charge in [-0.3, -0.25) is 9.59 Å². The molecule has 144 valence electrons. The molecule has 7 nitrogen and oxygen atoms in total. The van der Waals surface area contributed by atoms with E-state index in [0.717, 1.165) is 6.42 Å². The maximum absolute atomic E-state index is 12.9. The predicted octanol–water partition coefficient (Wildman–Crippen LogP) is 1.65. The largest absolute Gasteiger partial charge is 0.507 e. The van der Waals surface area contributed by atoms with Crippen molar-refractivity contribution in [2.75, 3.05) is 0 Å². The second kappa shape index (κ2) is 6.13. The van der Waals surface area contributed by atoms with E-state index in [-0.39, 0.29) is 64.7 Å². The normalized spacial score (nSPS) is 27.8. The number of carbonyl (C=O) groups is 2. The smallest absolute Gasteiger partial charge is 0.201 e. The number of ether oxygens (including phenoxy) is 2. The van der Waals surface area contributed by atoms with E-state index in [0.29, 0.717) is 12.0 Å². The van der Waals surface area contributed by atoms with Crippen LogP contribution in [0, 0.1) is 0 Å². The molecule has 1 aliphatic heterocycles. The molecular formula is C21H19NO6. The molecule has 28 heavy (non-hydrogen) atoms. The number of aromatic hydroxyl groups is 2. The van der Waals surface area contributed by atoms with Crippen LogP contribution >= 0.6 is 0 Å². The monoisotopic (exact) mass is 381 g/mol. The van der Waals surface area contributed by atoms with Gasteiger partial charge in [-0.2, -0.15) is 0 Å². The Labute approximate surface area is 160 Å². The molecular weight excluding hydrogens is 362 g/mol. The van der Waals surface area contributed by atoms with E-state index in [1.807, 2.05) is 0 Å². The van der Waals surface area contributed by atoms with E-state index in [9.17, 15) is 19.8 Å². The molecule has 3 aliphatic rings. The molecule has 0 amide bonds. The van der Waals surface area contributed by atoms with E-state index in [1.54, 1.807) is 6.07 Å². The van der Waals surface area contributed by atoms with Crippen LogP contribution < -0.4 is 5.73 Å². The van der Waals surface area contributed by atoms with Crippen molar-refractivity contribution < 1.29 is 29.3 Å². The number of benzene rings is 2. The average Bonchev–Trinajstić information content (AvgIpc) is 3.44. The molecule has 1 saturated heterocycles. The van der Waals surface area contributed by atoms with Gasteiger partial charge in [0.1, 0.15) is 11.5 Å². The Bertz CT molecular complexity index is 1020. The number of phenols is 2. The SMILES string of the molecule is NC1C[C@H](OCc2cc(O)c3c(c2)C(=O)c2cccc(O)c2C3=O)CC2OC12. The summed E-state index contributed by atoms with van der Waals surface area (Å²) in [5, 5.41) is 20.4. The number of hydrogen-bond donors (Lipinski definition) is 3. The topological polar surface area (TPSA) is 122 Å². The summed E-state index contributed by atoms with van der Waals surface area (Å²) in [6.45, 7) is 0.185. The van der Waals surface area contributed by atoms with Gasteiger partial charge in [0.05, 0.1) is 36.0 Å². The zero-order valence-corrected chi connectivity index (χ0v) is 14.9. The number of nitrogens with two attached hydrogens (primary N) is 1. The van der Waals surface area contributed by atoms with Gasteiger partial charge in [0.2, 0.25) is 5.78 Å². The van der Waals surface area contributed by atoms with Crippen LogP contribution in [0.2, 0.25) is 0 Å². The van der Waals surface area contributed by atoms with Crippen LogP contribution in [-0.4, -0.2) is 46.1 Å². The Morgan fingerprint density at radius 1 is 1.04 bits per heavy atom. The fourth-order valence-corrected chi connectivity index (χ4v) is 4.29. The molecule has 2 aliphatic carbocycles. The van der Waals surface area contributed by atoms with Crippen LogP contribution in [0.4, 0.5) is 0 Å². The molecule has 2 aromatic carbocycles. The molecule has 0 aromatic heterocycles. The zero-order valence-electron chi connectivity index (χ0n) is 14.9. The van der Waals surface area contributed by atoms with Crippen LogP contribution in [0.25, 0.3) is 0 Å². The highest BCUT2D eigenvalue weighted by molar-refractivity contribution is 6.30. The zero-order chi connectivity index (χ0) is 19.6. The van der Waals surface area contributed by atoms with Gasteiger partial charge in [-0.15, -0.1) is 0 Å². The lowest BCUT2D eigenvalue weighted by Crippen LogP contribution is -2.38. The van der Waals surface area contributed by atoms with Gasteiger partial charge < -0.3 is 25.4 Å². The first kappa shape index (κ1) is 17.4. The Morgan fingerprint density at radius 2 is 1.82 bits per heavy atom. The highest BCUT2D eigenvalue weighted by Gasteiger charge is 2.49. The third-order valence-electron chi connectivity index (χ3n) is 5.72. The Balaban J connectivity index is 1.42. The second-order valence-electron chi connectivity index (χ2n) is 7.60. The van der Waals surface area contributed by atoms with Gasteiger partial charge in [-0.05, 0) is 30.2 Å². The van der Waals surface area contributed by atoms with Gasteiger partial charge >= 0.3 is 0 Å². The first-order valence-electron chi connectivity index (χ1n) is 9.24. The van der Waals surface area contributed by atoms with Crippen molar-refractivity contribution in [3.63, 3.8) is 0 Å². The fourth-order valence-electron chi connectivity index (χ4n) is 4.29. The lowest BCUT2D eigenvalue weighted by molar-refractivity contribution is 0.0176. The average molecular weight is 381 g/mol. The molecule has 3 unspecified atom stereocenters. The maximum atomic E-state index is 12.9. The summed E-state index contributed by atoms with van der Waals surface area (Å²) >= 11 is 0. The molecule has 7 heteroatoms. The standard InChI is InChI=1S/C21H19NO6/c22-13-6-10(7-16-21(13)28-16)27-8-9-4-12-18(15(24)5-9)20(26)17-11(19(12)25)2-1-3-14(17)23/h1-5,10,13,16,21,23-24H,6-8,22H2/t10-,13?,16?,21?/m0/s1. The summed E-state index contributed by atoms with van der Waals surface area (Å²) < 4.78 is 11.4. The lowest BCUT2D eigenvalue weighted by Gasteiger charge is -2.24. The molecule has 2 aromatic rings. The quantitative estimate of drug-likeness (QED) is 0.590.